The number of thioether (sulfide) groups is 1. The zero-order valence-corrected chi connectivity index (χ0v) is 12.5. The molecule has 0 bridgehead atoms. The van der Waals surface area contributed by atoms with Gasteiger partial charge < -0.3 is 15.8 Å². The minimum atomic E-state index is -0.483. The van der Waals surface area contributed by atoms with Gasteiger partial charge in [0.15, 0.2) is 0 Å². The van der Waals surface area contributed by atoms with Gasteiger partial charge in [0.25, 0.3) is 0 Å². The second kappa shape index (κ2) is 8.07. The number of rotatable bonds is 7. The summed E-state index contributed by atoms with van der Waals surface area (Å²) in [4.78, 5) is 12.0. The van der Waals surface area contributed by atoms with Crippen LogP contribution in [0.3, 0.4) is 0 Å². The summed E-state index contributed by atoms with van der Waals surface area (Å²) in [5.74, 6) is 1.40. The Morgan fingerprint density at radius 2 is 2.26 bits per heavy atom. The summed E-state index contributed by atoms with van der Waals surface area (Å²) in [5, 5.41) is 2.83. The van der Waals surface area contributed by atoms with Crippen molar-refractivity contribution in [3.63, 3.8) is 0 Å². The van der Waals surface area contributed by atoms with Crippen molar-refractivity contribution < 1.29 is 9.53 Å². The first kappa shape index (κ1) is 15.9. The van der Waals surface area contributed by atoms with Crippen LogP contribution in [-0.4, -0.2) is 30.6 Å². The van der Waals surface area contributed by atoms with Gasteiger partial charge in [0.05, 0.1) is 18.3 Å². The van der Waals surface area contributed by atoms with Gasteiger partial charge in [-0.2, -0.15) is 11.8 Å². The zero-order valence-electron chi connectivity index (χ0n) is 11.7. The van der Waals surface area contributed by atoms with Crippen LogP contribution in [0.4, 0.5) is 5.69 Å². The molecule has 0 saturated carbocycles. The van der Waals surface area contributed by atoms with Gasteiger partial charge in [-0.05, 0) is 50.0 Å². The Kier molecular flexibility index (Phi) is 6.73. The van der Waals surface area contributed by atoms with Crippen LogP contribution in [0.15, 0.2) is 18.2 Å². The van der Waals surface area contributed by atoms with Crippen molar-refractivity contribution in [1.29, 1.82) is 0 Å². The molecule has 3 N–H and O–H groups in total. The molecule has 0 fully saturated rings. The van der Waals surface area contributed by atoms with Crippen molar-refractivity contribution in [3.05, 3.63) is 23.8 Å². The Hall–Kier alpha value is -1.20. The Balaban J connectivity index is 2.72. The zero-order chi connectivity index (χ0) is 14.3. The number of aryl methyl sites for hydroxylation is 1. The highest BCUT2D eigenvalue weighted by molar-refractivity contribution is 7.98. The van der Waals surface area contributed by atoms with E-state index in [1.807, 2.05) is 38.3 Å². The third kappa shape index (κ3) is 5.12. The van der Waals surface area contributed by atoms with Gasteiger partial charge in [-0.3, -0.25) is 4.79 Å². The molecule has 1 aromatic carbocycles. The Morgan fingerprint density at radius 1 is 1.53 bits per heavy atom. The van der Waals surface area contributed by atoms with E-state index in [4.69, 9.17) is 10.5 Å². The van der Waals surface area contributed by atoms with Crippen molar-refractivity contribution in [2.45, 2.75) is 26.3 Å². The lowest BCUT2D eigenvalue weighted by Crippen LogP contribution is -2.36. The van der Waals surface area contributed by atoms with E-state index in [1.165, 1.54) is 0 Å². The van der Waals surface area contributed by atoms with E-state index in [9.17, 15) is 4.79 Å². The van der Waals surface area contributed by atoms with Gasteiger partial charge >= 0.3 is 0 Å². The molecule has 0 spiro atoms. The predicted molar refractivity (Wildman–Crippen MR) is 82.0 cm³/mol. The fourth-order valence-electron chi connectivity index (χ4n) is 1.61. The lowest BCUT2D eigenvalue weighted by atomic mass is 10.2. The Bertz CT molecular complexity index is 424. The van der Waals surface area contributed by atoms with E-state index in [0.717, 1.165) is 11.3 Å². The summed E-state index contributed by atoms with van der Waals surface area (Å²) < 4.78 is 5.52. The Morgan fingerprint density at radius 3 is 2.89 bits per heavy atom. The van der Waals surface area contributed by atoms with Crippen LogP contribution in [0, 0.1) is 6.92 Å². The predicted octanol–water partition coefficient (Wildman–Crippen LogP) is 2.41. The van der Waals surface area contributed by atoms with Crippen LogP contribution >= 0.6 is 11.8 Å². The van der Waals surface area contributed by atoms with E-state index >= 15 is 0 Å². The quantitative estimate of drug-likeness (QED) is 0.806. The monoisotopic (exact) mass is 282 g/mol. The highest BCUT2D eigenvalue weighted by atomic mass is 32.2. The van der Waals surface area contributed by atoms with E-state index in [-0.39, 0.29) is 5.91 Å². The number of hydrogen-bond donors (Lipinski definition) is 2. The number of benzene rings is 1. The minimum Gasteiger partial charge on any atom is -0.492 e. The molecule has 0 aromatic heterocycles. The van der Waals surface area contributed by atoms with E-state index in [0.29, 0.717) is 24.5 Å². The summed E-state index contributed by atoms with van der Waals surface area (Å²) in [7, 11) is 0. The summed E-state index contributed by atoms with van der Waals surface area (Å²) in [6.45, 7) is 4.46. The number of nitrogens with one attached hydrogen (secondary N) is 1. The maximum atomic E-state index is 12.0. The van der Waals surface area contributed by atoms with E-state index in [1.54, 1.807) is 11.8 Å². The van der Waals surface area contributed by atoms with Crippen LogP contribution in [-0.2, 0) is 4.79 Å². The number of carbonyl (C=O) groups is 1. The average molecular weight is 282 g/mol. The smallest absolute Gasteiger partial charge is 0.241 e. The molecule has 0 unspecified atom stereocenters. The maximum absolute atomic E-state index is 12.0. The minimum absolute atomic E-state index is 0.168. The number of anilines is 1. The van der Waals surface area contributed by atoms with Crippen molar-refractivity contribution in [2.24, 2.45) is 5.73 Å². The van der Waals surface area contributed by atoms with Crippen LogP contribution < -0.4 is 15.8 Å². The van der Waals surface area contributed by atoms with Crippen LogP contribution in [0.5, 0.6) is 5.75 Å². The maximum Gasteiger partial charge on any atom is 0.241 e. The second-order valence-corrected chi connectivity index (χ2v) is 5.30. The largest absolute Gasteiger partial charge is 0.492 e. The molecule has 0 heterocycles. The molecule has 0 saturated heterocycles. The van der Waals surface area contributed by atoms with Gasteiger partial charge in [0.1, 0.15) is 5.75 Å². The summed E-state index contributed by atoms with van der Waals surface area (Å²) in [5.41, 5.74) is 7.61. The third-order valence-electron chi connectivity index (χ3n) is 2.66. The lowest BCUT2D eigenvalue weighted by molar-refractivity contribution is -0.117. The van der Waals surface area contributed by atoms with Crippen molar-refractivity contribution in [1.82, 2.24) is 0 Å². The number of amides is 1. The molecule has 106 valence electrons. The highest BCUT2D eigenvalue weighted by Gasteiger charge is 2.15. The molecule has 0 radical (unpaired) electrons. The van der Waals surface area contributed by atoms with Crippen molar-refractivity contribution in [3.8, 4) is 5.75 Å². The standard InChI is InChI=1S/C14H22N2O2S/c1-4-18-13-9-10(2)5-6-12(13)16-14(17)11(15)7-8-19-3/h5-6,9,11H,4,7-8,15H2,1-3H3,(H,16,17)/t11-/m0/s1. The van der Waals surface area contributed by atoms with Crippen molar-refractivity contribution >= 4 is 23.4 Å². The first-order valence-corrected chi connectivity index (χ1v) is 7.76. The fourth-order valence-corrected chi connectivity index (χ4v) is 2.10. The molecule has 1 aromatic rings. The van der Waals surface area contributed by atoms with Crippen molar-refractivity contribution in [2.75, 3.05) is 23.9 Å². The number of ether oxygens (including phenoxy) is 1. The molecule has 19 heavy (non-hydrogen) atoms. The average Bonchev–Trinajstić information content (AvgIpc) is 2.39. The van der Waals surface area contributed by atoms with Gasteiger partial charge in [-0.15, -0.1) is 0 Å². The fraction of sp³-hybridized carbons (Fsp3) is 0.500. The lowest BCUT2D eigenvalue weighted by Gasteiger charge is -2.15. The number of carbonyl (C=O) groups excluding carboxylic acids is 1. The molecular formula is C14H22N2O2S. The summed E-state index contributed by atoms with van der Waals surface area (Å²) in [6.07, 6.45) is 2.67. The van der Waals surface area contributed by atoms with Crippen LogP contribution in [0.2, 0.25) is 0 Å². The molecule has 1 amide bonds. The van der Waals surface area contributed by atoms with E-state index in [2.05, 4.69) is 5.32 Å². The topological polar surface area (TPSA) is 64.3 Å². The van der Waals surface area contributed by atoms with Gasteiger partial charge in [-0.25, -0.2) is 0 Å². The summed E-state index contributed by atoms with van der Waals surface area (Å²) in [6, 6.07) is 5.21. The van der Waals surface area contributed by atoms with Crippen LogP contribution in [0.1, 0.15) is 18.9 Å². The molecule has 5 heteroatoms. The molecule has 1 rings (SSSR count). The molecular weight excluding hydrogens is 260 g/mol. The molecule has 4 nitrogen and oxygen atoms in total. The number of nitrogens with two attached hydrogens (primary N) is 1. The molecule has 0 aliphatic heterocycles. The highest BCUT2D eigenvalue weighted by Crippen LogP contribution is 2.25. The van der Waals surface area contributed by atoms with Gasteiger partial charge in [0, 0.05) is 0 Å². The van der Waals surface area contributed by atoms with Gasteiger partial charge in [0.2, 0.25) is 5.91 Å². The number of hydrogen-bond acceptors (Lipinski definition) is 4. The molecule has 0 aliphatic carbocycles. The van der Waals surface area contributed by atoms with Gasteiger partial charge in [-0.1, -0.05) is 6.07 Å². The summed E-state index contributed by atoms with van der Waals surface area (Å²) >= 11 is 1.68. The second-order valence-electron chi connectivity index (χ2n) is 4.31. The third-order valence-corrected chi connectivity index (χ3v) is 3.31. The first-order chi connectivity index (χ1) is 9.08. The molecule has 0 aliphatic rings. The first-order valence-electron chi connectivity index (χ1n) is 6.37. The SMILES string of the molecule is CCOc1cc(C)ccc1NC(=O)[C@@H](N)CCSC. The molecule has 1 atom stereocenters. The van der Waals surface area contributed by atoms with Crippen LogP contribution in [0.25, 0.3) is 0 Å². The normalized spacial score (nSPS) is 12.0. The van der Waals surface area contributed by atoms with E-state index < -0.39 is 6.04 Å². The Labute approximate surface area is 119 Å².